The van der Waals surface area contributed by atoms with Gasteiger partial charge in [-0.05, 0) is 75.6 Å². The number of hydrogen-bond acceptors (Lipinski definition) is 15. The Labute approximate surface area is 371 Å². The van der Waals surface area contributed by atoms with Crippen LogP contribution in [0.1, 0.15) is 101 Å². The first-order chi connectivity index (χ1) is 30.5. The Morgan fingerprint density at radius 3 is 1.73 bits per heavy atom. The fourth-order valence-corrected chi connectivity index (χ4v) is 6.67. The third-order valence-corrected chi connectivity index (χ3v) is 9.84. The molecule has 0 spiro atoms. The van der Waals surface area contributed by atoms with Gasteiger partial charge in [-0.1, -0.05) is 37.1 Å². The van der Waals surface area contributed by atoms with Crippen LogP contribution in [0.5, 0.6) is 0 Å². The number of nitrogens with one attached hydrogen (secondary N) is 2. The monoisotopic (exact) mass is 878 g/mol. The van der Waals surface area contributed by atoms with E-state index in [-0.39, 0.29) is 17.3 Å². The first kappa shape index (κ1) is 50.6. The minimum absolute atomic E-state index is 0.173. The predicted molar refractivity (Wildman–Crippen MR) is 235 cm³/mol. The summed E-state index contributed by atoms with van der Waals surface area (Å²) in [6, 6.07) is 17.6. The van der Waals surface area contributed by atoms with Gasteiger partial charge < -0.3 is 43.8 Å². The van der Waals surface area contributed by atoms with E-state index in [0.717, 1.165) is 36.9 Å². The van der Waals surface area contributed by atoms with Crippen molar-refractivity contribution in [1.82, 2.24) is 30.4 Å². The summed E-state index contributed by atoms with van der Waals surface area (Å²) in [5.41, 5.74) is 2.67. The van der Waals surface area contributed by atoms with E-state index in [1.807, 2.05) is 45.0 Å². The van der Waals surface area contributed by atoms with Gasteiger partial charge in [0, 0.05) is 51.4 Å². The second-order valence-electron chi connectivity index (χ2n) is 15.8. The van der Waals surface area contributed by atoms with Crippen LogP contribution in [0.25, 0.3) is 0 Å². The van der Waals surface area contributed by atoms with Crippen LogP contribution in [0.4, 0.5) is 4.79 Å². The van der Waals surface area contributed by atoms with E-state index < -0.39 is 29.7 Å². The Hall–Kier alpha value is -5.04. The lowest BCUT2D eigenvalue weighted by molar-refractivity contribution is 0.00330. The summed E-state index contributed by atoms with van der Waals surface area (Å²) in [7, 11) is 2.66. The summed E-state index contributed by atoms with van der Waals surface area (Å²) >= 11 is 0. The normalized spacial score (nSPS) is 16.1. The van der Waals surface area contributed by atoms with E-state index in [1.165, 1.54) is 14.2 Å². The number of carbonyl (C=O) groups is 4. The molecule has 0 bridgehead atoms. The number of ether oxygens (including phenoxy) is 7. The standard InChI is InChI=1S/C46H66N6O11/c1-46(2,3)63-45(56)48-21-9-7-6-8-20-47-42(53)36-18-16-35(17-19-36)41(38-13-11-15-40(50-38)44(55)58-5)52-24-28-61-32-30-59-26-22-51(23-27-60-31-33-62-29-25-52)34-37-12-10-14-39(49-37)43(54)57-4/h10-19,41H,6-9,20-34H2,1-5H3,(H,47,53)(H,48,56). The van der Waals surface area contributed by atoms with Crippen LogP contribution < -0.4 is 10.6 Å². The van der Waals surface area contributed by atoms with E-state index in [2.05, 4.69) is 25.4 Å². The number of methoxy groups -OCH3 is 2. The molecule has 3 aromatic rings. The van der Waals surface area contributed by atoms with Gasteiger partial charge in [0.1, 0.15) is 17.0 Å². The molecule has 17 nitrogen and oxygen atoms in total. The summed E-state index contributed by atoms with van der Waals surface area (Å²) in [6.45, 7) is 12.6. The number of rotatable bonds is 15. The van der Waals surface area contributed by atoms with E-state index in [0.29, 0.717) is 110 Å². The van der Waals surface area contributed by atoms with Gasteiger partial charge in [-0.3, -0.25) is 14.6 Å². The highest BCUT2D eigenvalue weighted by atomic mass is 16.6. The summed E-state index contributed by atoms with van der Waals surface area (Å²) < 4.78 is 39.1. The molecule has 1 aliphatic heterocycles. The van der Waals surface area contributed by atoms with Gasteiger partial charge in [-0.25, -0.2) is 24.4 Å². The average Bonchev–Trinajstić information content (AvgIpc) is 3.27. The molecule has 1 aromatic carbocycles. The molecule has 2 aromatic heterocycles. The zero-order valence-corrected chi connectivity index (χ0v) is 37.6. The Morgan fingerprint density at radius 1 is 0.651 bits per heavy atom. The molecule has 2 N–H and O–H groups in total. The summed E-state index contributed by atoms with van der Waals surface area (Å²) in [4.78, 5) is 63.1. The van der Waals surface area contributed by atoms with Gasteiger partial charge >= 0.3 is 18.0 Å². The number of amides is 2. The molecule has 0 aliphatic carbocycles. The molecule has 4 rings (SSSR count). The van der Waals surface area contributed by atoms with Crippen molar-refractivity contribution in [3.63, 3.8) is 0 Å². The number of carbonyl (C=O) groups excluding carboxylic acids is 4. The molecule has 0 saturated carbocycles. The molecular weight excluding hydrogens is 813 g/mol. The van der Waals surface area contributed by atoms with Crippen molar-refractivity contribution >= 4 is 23.9 Å². The van der Waals surface area contributed by atoms with Crippen LogP contribution in [0.2, 0.25) is 0 Å². The number of nitrogens with zero attached hydrogens (tertiary/aromatic N) is 4. The van der Waals surface area contributed by atoms with Crippen LogP contribution in [0.15, 0.2) is 60.7 Å². The van der Waals surface area contributed by atoms with E-state index >= 15 is 0 Å². The van der Waals surface area contributed by atoms with E-state index in [9.17, 15) is 19.2 Å². The van der Waals surface area contributed by atoms with Crippen molar-refractivity contribution in [3.05, 3.63) is 94.6 Å². The zero-order valence-electron chi connectivity index (χ0n) is 37.6. The first-order valence-electron chi connectivity index (χ1n) is 21.7. The molecule has 1 atom stereocenters. The number of benzene rings is 1. The quantitative estimate of drug-likeness (QED) is 0.120. The molecule has 0 radical (unpaired) electrons. The summed E-state index contributed by atoms with van der Waals surface area (Å²) in [5, 5.41) is 5.78. The van der Waals surface area contributed by atoms with Crippen LogP contribution in [0.3, 0.4) is 0 Å². The van der Waals surface area contributed by atoms with Crippen LogP contribution in [-0.4, -0.2) is 156 Å². The van der Waals surface area contributed by atoms with Crippen molar-refractivity contribution < 1.29 is 52.3 Å². The Balaban J connectivity index is 1.36. The first-order valence-corrected chi connectivity index (χ1v) is 21.7. The SMILES string of the molecule is COC(=O)c1cccc(CN2CCOCCOCCN(C(c3ccc(C(=O)NCCCCCCNC(=O)OC(C)(C)C)cc3)c3cccc(C(=O)OC)n3)CCOCCOCC2)n1. The largest absolute Gasteiger partial charge is 0.464 e. The Morgan fingerprint density at radius 2 is 1.17 bits per heavy atom. The maximum absolute atomic E-state index is 13.1. The second kappa shape index (κ2) is 27.9. The van der Waals surface area contributed by atoms with Crippen molar-refractivity contribution in [1.29, 1.82) is 0 Å². The highest BCUT2D eigenvalue weighted by Gasteiger charge is 2.26. The van der Waals surface area contributed by atoms with E-state index in [4.69, 9.17) is 38.1 Å². The smallest absolute Gasteiger partial charge is 0.407 e. The lowest BCUT2D eigenvalue weighted by Gasteiger charge is -2.32. The highest BCUT2D eigenvalue weighted by molar-refractivity contribution is 5.94. The lowest BCUT2D eigenvalue weighted by atomic mass is 9.99. The molecule has 1 fully saturated rings. The molecule has 1 saturated heterocycles. The van der Waals surface area contributed by atoms with Crippen LogP contribution >= 0.6 is 0 Å². The predicted octanol–water partition coefficient (Wildman–Crippen LogP) is 4.84. The average molecular weight is 879 g/mol. The van der Waals surface area contributed by atoms with Crippen molar-refractivity contribution in [2.45, 2.75) is 64.6 Å². The number of aromatic nitrogens is 2. The van der Waals surface area contributed by atoms with Crippen LogP contribution in [0, 0.1) is 0 Å². The highest BCUT2D eigenvalue weighted by Crippen LogP contribution is 2.28. The van der Waals surface area contributed by atoms with Crippen molar-refractivity contribution in [3.8, 4) is 0 Å². The Bertz CT molecular complexity index is 1820. The number of alkyl carbamates (subject to hydrolysis) is 1. The van der Waals surface area contributed by atoms with Crippen molar-refractivity contribution in [2.75, 3.05) is 106 Å². The van der Waals surface area contributed by atoms with E-state index in [1.54, 1.807) is 36.4 Å². The minimum Gasteiger partial charge on any atom is -0.464 e. The number of hydrogen-bond donors (Lipinski definition) is 2. The van der Waals surface area contributed by atoms with Gasteiger partial charge in [-0.15, -0.1) is 0 Å². The maximum atomic E-state index is 13.1. The minimum atomic E-state index is -0.543. The van der Waals surface area contributed by atoms with Gasteiger partial charge in [-0.2, -0.15) is 0 Å². The fourth-order valence-electron chi connectivity index (χ4n) is 6.67. The molecule has 17 heteroatoms. The Kier molecular flexibility index (Phi) is 22.4. The summed E-state index contributed by atoms with van der Waals surface area (Å²) in [5.74, 6) is -1.20. The molecule has 1 unspecified atom stereocenters. The topological polar surface area (TPSA) is 189 Å². The maximum Gasteiger partial charge on any atom is 0.407 e. The van der Waals surface area contributed by atoms with Crippen LogP contribution in [-0.2, 0) is 39.7 Å². The fraction of sp³-hybridized carbons (Fsp3) is 0.565. The third kappa shape index (κ3) is 19.1. The molecule has 63 heavy (non-hydrogen) atoms. The second-order valence-corrected chi connectivity index (χ2v) is 15.8. The van der Waals surface area contributed by atoms with Gasteiger partial charge in [0.15, 0.2) is 0 Å². The third-order valence-electron chi connectivity index (χ3n) is 9.84. The zero-order chi connectivity index (χ0) is 45.3. The van der Waals surface area contributed by atoms with Gasteiger partial charge in [0.2, 0.25) is 0 Å². The summed E-state index contributed by atoms with van der Waals surface area (Å²) in [6.07, 6.45) is 3.04. The molecule has 3 heterocycles. The van der Waals surface area contributed by atoms with Gasteiger partial charge in [0.05, 0.1) is 84.5 Å². The van der Waals surface area contributed by atoms with Gasteiger partial charge in [0.25, 0.3) is 5.91 Å². The molecule has 1 aliphatic rings. The molecular formula is C46H66N6O11. The van der Waals surface area contributed by atoms with Crippen molar-refractivity contribution in [2.24, 2.45) is 0 Å². The number of unbranched alkanes of at least 4 members (excludes halogenated alkanes) is 3. The number of pyridine rings is 2. The lowest BCUT2D eigenvalue weighted by Crippen LogP contribution is -2.36. The molecule has 346 valence electrons. The number of esters is 2. The molecule has 2 amide bonds.